The Kier molecular flexibility index (Phi) is 3.71. The topological polar surface area (TPSA) is 53.5 Å². The number of amides is 2. The first-order chi connectivity index (χ1) is 12.3. The summed E-state index contributed by atoms with van der Waals surface area (Å²) in [4.78, 5) is 32.4. The predicted octanol–water partition coefficient (Wildman–Crippen LogP) is 2.56. The molecular formula is C19H19F2N3O2. The maximum atomic E-state index is 14.5. The van der Waals surface area contributed by atoms with Crippen molar-refractivity contribution in [3.8, 4) is 0 Å². The van der Waals surface area contributed by atoms with Crippen molar-refractivity contribution in [2.24, 2.45) is 5.41 Å². The average molecular weight is 359 g/mol. The van der Waals surface area contributed by atoms with Crippen LogP contribution in [0.4, 0.5) is 8.78 Å². The van der Waals surface area contributed by atoms with Crippen molar-refractivity contribution < 1.29 is 18.4 Å². The van der Waals surface area contributed by atoms with Gasteiger partial charge in [-0.3, -0.25) is 14.6 Å². The van der Waals surface area contributed by atoms with Gasteiger partial charge in [-0.05, 0) is 18.6 Å². The van der Waals surface area contributed by atoms with Crippen molar-refractivity contribution in [3.63, 3.8) is 0 Å². The Morgan fingerprint density at radius 3 is 2.69 bits per heavy atom. The number of hydrogen-bond acceptors (Lipinski definition) is 3. The number of likely N-dealkylation sites (tertiary alicyclic amines) is 2. The molecule has 1 atom stereocenters. The quantitative estimate of drug-likeness (QED) is 0.786. The van der Waals surface area contributed by atoms with Gasteiger partial charge in [0.05, 0.1) is 23.0 Å². The van der Waals surface area contributed by atoms with Crippen LogP contribution in [-0.2, 0) is 4.79 Å². The Morgan fingerprint density at radius 1 is 1.19 bits per heavy atom. The van der Waals surface area contributed by atoms with E-state index in [1.54, 1.807) is 37.4 Å². The van der Waals surface area contributed by atoms with Crippen molar-refractivity contribution >= 4 is 22.7 Å². The maximum absolute atomic E-state index is 14.5. The summed E-state index contributed by atoms with van der Waals surface area (Å²) in [6.07, 6.45) is 1.35. The van der Waals surface area contributed by atoms with Crippen LogP contribution < -0.4 is 0 Å². The molecule has 2 aliphatic heterocycles. The smallest absolute Gasteiger partial charge is 0.266 e. The van der Waals surface area contributed by atoms with E-state index in [0.717, 1.165) is 4.90 Å². The van der Waals surface area contributed by atoms with Crippen molar-refractivity contribution in [2.45, 2.75) is 18.8 Å². The highest BCUT2D eigenvalue weighted by Gasteiger charge is 2.57. The van der Waals surface area contributed by atoms with E-state index in [1.165, 1.54) is 11.1 Å². The molecule has 1 aromatic heterocycles. The van der Waals surface area contributed by atoms with E-state index in [4.69, 9.17) is 0 Å². The number of carbonyl (C=O) groups excluding carboxylic acids is 2. The van der Waals surface area contributed by atoms with E-state index < -0.39 is 30.2 Å². The number of carbonyl (C=O) groups is 2. The van der Waals surface area contributed by atoms with Crippen LogP contribution in [-0.4, -0.2) is 59.2 Å². The fourth-order valence-corrected chi connectivity index (χ4v) is 4.21. The third-order valence-electron chi connectivity index (χ3n) is 5.41. The third kappa shape index (κ3) is 2.62. The van der Waals surface area contributed by atoms with Crippen LogP contribution in [0.2, 0.25) is 0 Å². The number of nitrogens with zero attached hydrogens (tertiary/aromatic N) is 3. The van der Waals surface area contributed by atoms with E-state index in [2.05, 4.69) is 4.98 Å². The Morgan fingerprint density at radius 2 is 1.96 bits per heavy atom. The molecule has 0 unspecified atom stereocenters. The molecule has 0 bridgehead atoms. The SMILES string of the molecule is CN1CC[C@]2(CN(C(=O)c3ccnc4ccccc34)CC(F)(F)C2)C1=O. The summed E-state index contributed by atoms with van der Waals surface area (Å²) in [5.41, 5.74) is -0.217. The highest BCUT2D eigenvalue weighted by Crippen LogP contribution is 2.45. The van der Waals surface area contributed by atoms with Crippen LogP contribution in [0, 0.1) is 5.41 Å². The van der Waals surface area contributed by atoms with Crippen molar-refractivity contribution in [1.82, 2.24) is 14.8 Å². The molecule has 2 amide bonds. The lowest BCUT2D eigenvalue weighted by Crippen LogP contribution is -2.57. The number of aromatic nitrogens is 1. The monoisotopic (exact) mass is 359 g/mol. The molecule has 0 N–H and O–H groups in total. The molecule has 2 saturated heterocycles. The largest absolute Gasteiger partial charge is 0.345 e. The van der Waals surface area contributed by atoms with E-state index in [1.807, 2.05) is 0 Å². The molecule has 4 rings (SSSR count). The van der Waals surface area contributed by atoms with Crippen LogP contribution in [0.5, 0.6) is 0 Å². The summed E-state index contributed by atoms with van der Waals surface area (Å²) in [5.74, 6) is -3.86. The molecule has 1 spiro atoms. The van der Waals surface area contributed by atoms with Gasteiger partial charge in [0, 0.05) is 38.1 Å². The van der Waals surface area contributed by atoms with Gasteiger partial charge < -0.3 is 9.80 Å². The van der Waals surface area contributed by atoms with Crippen LogP contribution >= 0.6 is 0 Å². The molecule has 1 aromatic carbocycles. The van der Waals surface area contributed by atoms with Gasteiger partial charge in [0.25, 0.3) is 11.8 Å². The Balaban J connectivity index is 1.72. The Hall–Kier alpha value is -2.57. The molecule has 2 aromatic rings. The van der Waals surface area contributed by atoms with Crippen LogP contribution in [0.15, 0.2) is 36.5 Å². The summed E-state index contributed by atoms with van der Waals surface area (Å²) >= 11 is 0. The zero-order valence-electron chi connectivity index (χ0n) is 14.4. The Bertz CT molecular complexity index is 896. The molecule has 5 nitrogen and oxygen atoms in total. The zero-order chi connectivity index (χ0) is 18.5. The number of fused-ring (bicyclic) bond motifs is 1. The number of piperidine rings is 1. The van der Waals surface area contributed by atoms with E-state index in [-0.39, 0.29) is 12.5 Å². The van der Waals surface area contributed by atoms with Gasteiger partial charge in [-0.1, -0.05) is 18.2 Å². The standard InChI is InChI=1S/C19H19F2N3O2/c1-23-9-7-18(17(23)26)10-19(20,21)12-24(11-18)16(25)14-6-8-22-15-5-3-2-4-13(14)15/h2-6,8H,7,9-12H2,1H3/t18-/m0/s1. The molecule has 0 radical (unpaired) electrons. The number of para-hydroxylation sites is 1. The Labute approximate surface area is 149 Å². The van der Waals surface area contributed by atoms with Crippen LogP contribution in [0.1, 0.15) is 23.2 Å². The van der Waals surface area contributed by atoms with Gasteiger partial charge in [0.15, 0.2) is 0 Å². The number of halogens is 2. The third-order valence-corrected chi connectivity index (χ3v) is 5.41. The summed E-state index contributed by atoms with van der Waals surface area (Å²) in [7, 11) is 1.62. The fourth-order valence-electron chi connectivity index (χ4n) is 4.21. The average Bonchev–Trinajstić information content (AvgIpc) is 2.87. The molecule has 136 valence electrons. The van der Waals surface area contributed by atoms with Crippen molar-refractivity contribution in [2.75, 3.05) is 26.7 Å². The van der Waals surface area contributed by atoms with Crippen LogP contribution in [0.3, 0.4) is 0 Å². The number of rotatable bonds is 1. The minimum atomic E-state index is -3.09. The van der Waals surface area contributed by atoms with E-state index in [9.17, 15) is 18.4 Å². The first-order valence-corrected chi connectivity index (χ1v) is 8.58. The van der Waals surface area contributed by atoms with Gasteiger partial charge in [-0.2, -0.15) is 0 Å². The molecule has 0 saturated carbocycles. The first-order valence-electron chi connectivity index (χ1n) is 8.58. The molecule has 0 aliphatic carbocycles. The number of benzene rings is 1. The fraction of sp³-hybridized carbons (Fsp3) is 0.421. The van der Waals surface area contributed by atoms with Gasteiger partial charge in [0.1, 0.15) is 0 Å². The second kappa shape index (κ2) is 5.72. The molecular weight excluding hydrogens is 340 g/mol. The lowest BCUT2D eigenvalue weighted by Gasteiger charge is -2.42. The van der Waals surface area contributed by atoms with Crippen LogP contribution in [0.25, 0.3) is 10.9 Å². The molecule has 2 fully saturated rings. The highest BCUT2D eigenvalue weighted by molar-refractivity contribution is 6.06. The highest BCUT2D eigenvalue weighted by atomic mass is 19.3. The van der Waals surface area contributed by atoms with Crippen molar-refractivity contribution in [3.05, 3.63) is 42.1 Å². The molecule has 26 heavy (non-hydrogen) atoms. The molecule has 2 aliphatic rings. The lowest BCUT2D eigenvalue weighted by molar-refractivity contribution is -0.150. The molecule has 7 heteroatoms. The van der Waals surface area contributed by atoms with Crippen molar-refractivity contribution in [1.29, 1.82) is 0 Å². The summed E-state index contributed by atoms with van der Waals surface area (Å²) in [6, 6.07) is 8.66. The number of alkyl halides is 2. The second-order valence-corrected chi connectivity index (χ2v) is 7.33. The zero-order valence-corrected chi connectivity index (χ0v) is 14.4. The minimum absolute atomic E-state index is 0.0290. The normalized spacial score (nSPS) is 25.3. The predicted molar refractivity (Wildman–Crippen MR) is 91.9 cm³/mol. The number of pyridine rings is 1. The summed E-state index contributed by atoms with van der Waals surface area (Å²) in [6.45, 7) is -0.197. The van der Waals surface area contributed by atoms with Gasteiger partial charge in [0.2, 0.25) is 5.91 Å². The van der Waals surface area contributed by atoms with E-state index >= 15 is 0 Å². The lowest BCUT2D eigenvalue weighted by atomic mass is 9.76. The summed E-state index contributed by atoms with van der Waals surface area (Å²) in [5, 5.41) is 0.623. The van der Waals surface area contributed by atoms with Gasteiger partial charge in [-0.15, -0.1) is 0 Å². The summed E-state index contributed by atoms with van der Waals surface area (Å²) < 4.78 is 28.9. The van der Waals surface area contributed by atoms with E-state index in [0.29, 0.717) is 29.4 Å². The molecule has 3 heterocycles. The number of hydrogen-bond donors (Lipinski definition) is 0. The maximum Gasteiger partial charge on any atom is 0.266 e. The minimum Gasteiger partial charge on any atom is -0.345 e. The first kappa shape index (κ1) is 16.9. The van der Waals surface area contributed by atoms with Gasteiger partial charge >= 0.3 is 0 Å². The van der Waals surface area contributed by atoms with Gasteiger partial charge in [-0.25, -0.2) is 8.78 Å². The second-order valence-electron chi connectivity index (χ2n) is 7.33.